The van der Waals surface area contributed by atoms with Crippen molar-refractivity contribution in [2.45, 2.75) is 100 Å². The van der Waals surface area contributed by atoms with Gasteiger partial charge in [-0.15, -0.1) is 0 Å². The van der Waals surface area contributed by atoms with E-state index in [2.05, 4.69) is 17.6 Å². The van der Waals surface area contributed by atoms with Gasteiger partial charge in [0.05, 0.1) is 0 Å². The highest BCUT2D eigenvalue weighted by atomic mass is 35.6. The second-order valence-electron chi connectivity index (χ2n) is 7.83. The van der Waals surface area contributed by atoms with Gasteiger partial charge in [0.25, 0.3) is 0 Å². The van der Waals surface area contributed by atoms with Crippen molar-refractivity contribution in [1.29, 1.82) is 0 Å². The Morgan fingerprint density at radius 1 is 0.833 bits per heavy atom. The number of benzene rings is 1. The van der Waals surface area contributed by atoms with Crippen molar-refractivity contribution in [2.75, 3.05) is 5.32 Å². The van der Waals surface area contributed by atoms with Crippen molar-refractivity contribution >= 4 is 58.0 Å². The summed E-state index contributed by atoms with van der Waals surface area (Å²) in [6, 6.07) is 6.99. The van der Waals surface area contributed by atoms with Gasteiger partial charge < -0.3 is 10.6 Å². The van der Waals surface area contributed by atoms with Gasteiger partial charge in [-0.1, -0.05) is 124 Å². The number of rotatable bonds is 16. The predicted molar refractivity (Wildman–Crippen MR) is 133 cm³/mol. The number of hydrogen-bond donors (Lipinski definition) is 2. The normalized spacial score (nSPS) is 12.6. The van der Waals surface area contributed by atoms with Crippen LogP contribution in [0.15, 0.2) is 24.3 Å². The summed E-state index contributed by atoms with van der Waals surface area (Å²) < 4.78 is -1.67. The molecule has 7 heteroatoms. The van der Waals surface area contributed by atoms with E-state index in [-0.39, 0.29) is 5.91 Å². The van der Waals surface area contributed by atoms with E-state index in [0.29, 0.717) is 17.1 Å². The molecule has 1 amide bonds. The summed E-state index contributed by atoms with van der Waals surface area (Å²) >= 11 is 24.0. The fourth-order valence-corrected chi connectivity index (χ4v) is 3.73. The maximum Gasteiger partial charge on any atom is 0.228 e. The quantitative estimate of drug-likeness (QED) is 0.136. The van der Waals surface area contributed by atoms with Gasteiger partial charge in [-0.2, -0.15) is 0 Å². The fraction of sp³-hybridized carbons (Fsp3) is 0.696. The van der Waals surface area contributed by atoms with Crippen molar-refractivity contribution in [1.82, 2.24) is 5.32 Å². The van der Waals surface area contributed by atoms with Crippen LogP contribution in [0.2, 0.25) is 5.02 Å². The van der Waals surface area contributed by atoms with Gasteiger partial charge in [0, 0.05) is 17.1 Å². The number of halogens is 4. The minimum atomic E-state index is -1.67. The van der Waals surface area contributed by atoms with E-state index >= 15 is 0 Å². The van der Waals surface area contributed by atoms with E-state index in [0.717, 1.165) is 12.8 Å². The molecule has 0 unspecified atom stereocenters. The van der Waals surface area contributed by atoms with Gasteiger partial charge in [0.2, 0.25) is 9.70 Å². The van der Waals surface area contributed by atoms with Crippen molar-refractivity contribution in [3.63, 3.8) is 0 Å². The standard InChI is InChI=1S/C23H36Cl4N2O/c1-2-3-4-5-6-7-8-9-10-11-12-13-14-21(30)29-22(23(25,26)27)28-20-17-15-19(24)16-18-20/h15-18,22,28H,2-14H2,1H3,(H,29,30)/t22-/m0/s1. The number of amides is 1. The highest BCUT2D eigenvalue weighted by Gasteiger charge is 2.33. The minimum Gasteiger partial charge on any atom is -0.362 e. The Kier molecular flexibility index (Phi) is 15.0. The van der Waals surface area contributed by atoms with Gasteiger partial charge >= 0.3 is 0 Å². The predicted octanol–water partition coefficient (Wildman–Crippen LogP) is 8.66. The van der Waals surface area contributed by atoms with E-state index in [1.165, 1.54) is 64.2 Å². The number of carbonyl (C=O) groups excluding carboxylic acids is 1. The number of nitrogens with one attached hydrogen (secondary N) is 2. The van der Waals surface area contributed by atoms with Gasteiger partial charge in [-0.3, -0.25) is 4.79 Å². The molecule has 1 rings (SSSR count). The number of anilines is 1. The molecular weight excluding hydrogens is 462 g/mol. The largest absolute Gasteiger partial charge is 0.362 e. The Hall–Kier alpha value is -0.350. The van der Waals surface area contributed by atoms with Crippen LogP contribution in [-0.4, -0.2) is 15.9 Å². The van der Waals surface area contributed by atoms with Crippen LogP contribution in [0.1, 0.15) is 90.4 Å². The topological polar surface area (TPSA) is 41.1 Å². The molecule has 0 fully saturated rings. The summed E-state index contributed by atoms with van der Waals surface area (Å²) in [7, 11) is 0. The number of unbranched alkanes of at least 4 members (excludes halogenated alkanes) is 11. The lowest BCUT2D eigenvalue weighted by Crippen LogP contribution is -2.49. The third kappa shape index (κ3) is 13.9. The lowest BCUT2D eigenvalue weighted by Gasteiger charge is -2.27. The SMILES string of the molecule is CCCCCCCCCCCCCCC(=O)N[C@H](Nc1ccc(Cl)cc1)C(Cl)(Cl)Cl. The molecule has 0 aliphatic carbocycles. The highest BCUT2D eigenvalue weighted by molar-refractivity contribution is 6.68. The average Bonchev–Trinajstić information content (AvgIpc) is 2.69. The molecule has 0 saturated heterocycles. The molecule has 0 aromatic heterocycles. The first-order valence-corrected chi connectivity index (χ1v) is 12.7. The van der Waals surface area contributed by atoms with Crippen LogP contribution in [-0.2, 0) is 4.79 Å². The molecule has 3 nitrogen and oxygen atoms in total. The first-order valence-electron chi connectivity index (χ1n) is 11.2. The molecule has 172 valence electrons. The molecule has 0 aliphatic rings. The average molecular weight is 498 g/mol. The molecule has 0 spiro atoms. The van der Waals surface area contributed by atoms with E-state index < -0.39 is 9.96 Å². The summed E-state index contributed by atoms with van der Waals surface area (Å²) in [4.78, 5) is 12.3. The summed E-state index contributed by atoms with van der Waals surface area (Å²) in [5, 5.41) is 6.43. The zero-order valence-electron chi connectivity index (χ0n) is 18.0. The first-order chi connectivity index (χ1) is 14.3. The van der Waals surface area contributed by atoms with Crippen LogP contribution in [0, 0.1) is 0 Å². The molecule has 1 aromatic rings. The molecule has 0 aliphatic heterocycles. The van der Waals surface area contributed by atoms with E-state index in [4.69, 9.17) is 46.4 Å². The molecule has 0 radical (unpaired) electrons. The fourth-order valence-electron chi connectivity index (χ4n) is 3.27. The van der Waals surface area contributed by atoms with Crippen LogP contribution in [0.4, 0.5) is 5.69 Å². The summed E-state index contributed by atoms with van der Waals surface area (Å²) in [5.41, 5.74) is 0.710. The van der Waals surface area contributed by atoms with Crippen LogP contribution in [0.3, 0.4) is 0 Å². The Morgan fingerprint density at radius 3 is 1.77 bits per heavy atom. The third-order valence-corrected chi connectivity index (χ3v) is 5.95. The van der Waals surface area contributed by atoms with Crippen LogP contribution >= 0.6 is 46.4 Å². The van der Waals surface area contributed by atoms with Gasteiger partial charge in [0.1, 0.15) is 6.17 Å². The monoisotopic (exact) mass is 496 g/mol. The molecular formula is C23H36Cl4N2O. The van der Waals surface area contributed by atoms with E-state index in [1.807, 2.05) is 0 Å². The van der Waals surface area contributed by atoms with Crippen molar-refractivity contribution < 1.29 is 4.79 Å². The maximum absolute atomic E-state index is 12.3. The van der Waals surface area contributed by atoms with Crippen LogP contribution in [0.5, 0.6) is 0 Å². The second-order valence-corrected chi connectivity index (χ2v) is 10.6. The molecule has 0 heterocycles. The van der Waals surface area contributed by atoms with Gasteiger partial charge in [-0.05, 0) is 30.7 Å². The zero-order chi connectivity index (χ0) is 22.2. The number of alkyl halides is 3. The van der Waals surface area contributed by atoms with Gasteiger partial charge in [-0.25, -0.2) is 0 Å². The van der Waals surface area contributed by atoms with Crippen LogP contribution < -0.4 is 10.6 Å². The molecule has 1 aromatic carbocycles. The lowest BCUT2D eigenvalue weighted by molar-refractivity contribution is -0.121. The Balaban J connectivity index is 2.15. The number of hydrogen-bond acceptors (Lipinski definition) is 2. The lowest BCUT2D eigenvalue weighted by atomic mass is 10.0. The smallest absolute Gasteiger partial charge is 0.228 e. The Labute approximate surface area is 202 Å². The van der Waals surface area contributed by atoms with Crippen molar-refractivity contribution in [3.05, 3.63) is 29.3 Å². The summed E-state index contributed by atoms with van der Waals surface area (Å²) in [6.45, 7) is 2.25. The minimum absolute atomic E-state index is 0.125. The first kappa shape index (κ1) is 27.7. The van der Waals surface area contributed by atoms with E-state index in [9.17, 15) is 4.79 Å². The highest BCUT2D eigenvalue weighted by Crippen LogP contribution is 2.31. The molecule has 1 atom stereocenters. The number of carbonyl (C=O) groups is 1. The Bertz CT molecular complexity index is 576. The molecule has 30 heavy (non-hydrogen) atoms. The molecule has 0 saturated carbocycles. The second kappa shape index (κ2) is 16.3. The van der Waals surface area contributed by atoms with Crippen LogP contribution in [0.25, 0.3) is 0 Å². The molecule has 2 N–H and O–H groups in total. The summed E-state index contributed by atoms with van der Waals surface area (Å²) in [5.74, 6) is -0.125. The van der Waals surface area contributed by atoms with Crippen molar-refractivity contribution in [2.24, 2.45) is 0 Å². The third-order valence-electron chi connectivity index (χ3n) is 5.05. The maximum atomic E-state index is 12.3. The Morgan fingerprint density at radius 2 is 1.30 bits per heavy atom. The van der Waals surface area contributed by atoms with Gasteiger partial charge in [0.15, 0.2) is 0 Å². The zero-order valence-corrected chi connectivity index (χ0v) is 21.0. The van der Waals surface area contributed by atoms with E-state index in [1.54, 1.807) is 24.3 Å². The molecule has 0 bridgehead atoms. The summed E-state index contributed by atoms with van der Waals surface area (Å²) in [6.07, 6.45) is 14.7. The van der Waals surface area contributed by atoms with Crippen molar-refractivity contribution in [3.8, 4) is 0 Å².